The molecule has 0 aromatic carbocycles. The first-order valence-corrected chi connectivity index (χ1v) is 8.71. The molecule has 0 bridgehead atoms. The van der Waals surface area contributed by atoms with Gasteiger partial charge in [-0.15, -0.1) is 0 Å². The first-order chi connectivity index (χ1) is 9.97. The maximum atomic E-state index is 8.33. The first kappa shape index (κ1) is 36.6. The second-order valence-corrected chi connectivity index (χ2v) is 5.90. The SMILES string of the molecule is CCCC[N+](CCCC)(CCCC)CCCC.O=C([O-])[O-].[Br-].[Na+].[Na+]. The molecule has 0 N–H and O–H groups in total. The van der Waals surface area contributed by atoms with Gasteiger partial charge in [0.25, 0.3) is 0 Å². The summed E-state index contributed by atoms with van der Waals surface area (Å²) in [4.78, 5) is 8.33. The maximum Gasteiger partial charge on any atom is 1.00 e. The molecule has 0 aromatic heterocycles. The first-order valence-electron chi connectivity index (χ1n) is 8.71. The third kappa shape index (κ3) is 25.9. The van der Waals surface area contributed by atoms with E-state index in [-0.39, 0.29) is 76.1 Å². The third-order valence-corrected chi connectivity index (χ3v) is 3.94. The Hall–Kier alpha value is 1.71. The summed E-state index contributed by atoms with van der Waals surface area (Å²) in [6.45, 7) is 15.0. The summed E-state index contributed by atoms with van der Waals surface area (Å²) in [5.41, 5.74) is 0. The summed E-state index contributed by atoms with van der Waals surface area (Å²) in [5.74, 6) is 0. The summed E-state index contributed by atoms with van der Waals surface area (Å²) in [6, 6.07) is 0. The molecule has 7 heteroatoms. The Morgan fingerprint density at radius 1 is 0.667 bits per heavy atom. The zero-order chi connectivity index (χ0) is 16.6. The minimum absolute atomic E-state index is 0. The summed E-state index contributed by atoms with van der Waals surface area (Å²) in [6.07, 6.45) is 8.73. The number of carboxylic acid groups (broad SMARTS) is 2. The molecule has 0 rings (SSSR count). The van der Waals surface area contributed by atoms with E-state index in [0.29, 0.717) is 0 Å². The van der Waals surface area contributed by atoms with Gasteiger partial charge in [-0.2, -0.15) is 0 Å². The molecule has 0 saturated carbocycles. The van der Waals surface area contributed by atoms with Crippen LogP contribution in [0.3, 0.4) is 0 Å². The molecular formula is C17H36BrNNa2O3. The molecule has 0 radical (unpaired) electrons. The number of quaternary nitrogens is 1. The van der Waals surface area contributed by atoms with Crippen LogP contribution in [0.15, 0.2) is 0 Å². The van der Waals surface area contributed by atoms with Crippen molar-refractivity contribution < 1.29 is 95.6 Å². The molecule has 0 atom stereocenters. The van der Waals surface area contributed by atoms with Gasteiger partial charge in [0.05, 0.1) is 26.2 Å². The Morgan fingerprint density at radius 2 is 0.833 bits per heavy atom. The number of carbonyl (C=O) groups excluding carboxylic acids is 1. The van der Waals surface area contributed by atoms with Crippen LogP contribution in [-0.2, 0) is 0 Å². The minimum Gasteiger partial charge on any atom is -1.00 e. The van der Waals surface area contributed by atoms with Gasteiger partial charge >= 0.3 is 59.1 Å². The van der Waals surface area contributed by atoms with E-state index in [1.807, 2.05) is 0 Å². The van der Waals surface area contributed by atoms with Gasteiger partial charge in [0.1, 0.15) is 0 Å². The Labute approximate surface area is 205 Å². The average Bonchev–Trinajstić information content (AvgIpc) is 2.45. The van der Waals surface area contributed by atoms with E-state index in [2.05, 4.69) is 27.7 Å². The van der Waals surface area contributed by atoms with Crippen molar-refractivity contribution in [2.45, 2.75) is 79.1 Å². The Bertz CT molecular complexity index is 206. The van der Waals surface area contributed by atoms with Gasteiger partial charge in [-0.3, -0.25) is 0 Å². The summed E-state index contributed by atoms with van der Waals surface area (Å²) in [5, 5.41) is 16.7. The third-order valence-electron chi connectivity index (χ3n) is 3.94. The number of hydrogen-bond acceptors (Lipinski definition) is 3. The van der Waals surface area contributed by atoms with Crippen molar-refractivity contribution in [1.82, 2.24) is 0 Å². The van der Waals surface area contributed by atoms with Crippen LogP contribution in [0.1, 0.15) is 79.1 Å². The van der Waals surface area contributed by atoms with Crippen molar-refractivity contribution in [3.05, 3.63) is 0 Å². The molecular weight excluding hydrogens is 392 g/mol. The van der Waals surface area contributed by atoms with Gasteiger partial charge < -0.3 is 36.5 Å². The van der Waals surface area contributed by atoms with Gasteiger partial charge in [-0.1, -0.05) is 53.4 Å². The number of carbonyl (C=O) groups is 1. The zero-order valence-corrected chi connectivity index (χ0v) is 22.6. The molecule has 0 saturated heterocycles. The van der Waals surface area contributed by atoms with E-state index >= 15 is 0 Å². The zero-order valence-electron chi connectivity index (χ0n) is 17.0. The molecule has 0 aliphatic carbocycles. The van der Waals surface area contributed by atoms with E-state index in [4.69, 9.17) is 15.0 Å². The Balaban J connectivity index is -0.000000154. The van der Waals surface area contributed by atoms with Crippen LogP contribution in [0.2, 0.25) is 0 Å². The second kappa shape index (κ2) is 26.9. The van der Waals surface area contributed by atoms with Gasteiger partial charge in [-0.25, -0.2) is 0 Å². The smallest absolute Gasteiger partial charge is 1.00 e. The van der Waals surface area contributed by atoms with E-state index in [1.54, 1.807) is 0 Å². The fourth-order valence-corrected chi connectivity index (χ4v) is 2.64. The quantitative estimate of drug-likeness (QED) is 0.230. The van der Waals surface area contributed by atoms with Crippen LogP contribution in [0, 0.1) is 0 Å². The normalized spacial score (nSPS) is 9.50. The van der Waals surface area contributed by atoms with E-state index in [0.717, 1.165) is 0 Å². The second-order valence-electron chi connectivity index (χ2n) is 5.90. The van der Waals surface area contributed by atoms with Crippen molar-refractivity contribution in [3.8, 4) is 0 Å². The van der Waals surface area contributed by atoms with Crippen molar-refractivity contribution in [2.75, 3.05) is 26.2 Å². The van der Waals surface area contributed by atoms with Gasteiger partial charge in [0, 0.05) is 0 Å². The largest absolute Gasteiger partial charge is 1.00 e. The minimum atomic E-state index is -2.33. The van der Waals surface area contributed by atoms with Crippen LogP contribution < -0.4 is 86.3 Å². The summed E-state index contributed by atoms with van der Waals surface area (Å²) in [7, 11) is 0. The van der Waals surface area contributed by atoms with Crippen molar-refractivity contribution >= 4 is 6.16 Å². The summed E-state index contributed by atoms with van der Waals surface area (Å²) < 4.78 is 1.42. The monoisotopic (exact) mass is 427 g/mol. The molecule has 0 heterocycles. The maximum absolute atomic E-state index is 8.33. The number of halogens is 1. The molecule has 136 valence electrons. The van der Waals surface area contributed by atoms with Crippen LogP contribution in [0.4, 0.5) is 4.79 Å². The molecule has 4 nitrogen and oxygen atoms in total. The van der Waals surface area contributed by atoms with Gasteiger partial charge in [0.2, 0.25) is 0 Å². The number of rotatable bonds is 12. The van der Waals surface area contributed by atoms with Crippen molar-refractivity contribution in [1.29, 1.82) is 0 Å². The molecule has 0 unspecified atom stereocenters. The fraction of sp³-hybridized carbons (Fsp3) is 0.941. The van der Waals surface area contributed by atoms with Crippen molar-refractivity contribution in [2.24, 2.45) is 0 Å². The molecule has 0 amide bonds. The van der Waals surface area contributed by atoms with E-state index in [9.17, 15) is 0 Å². The van der Waals surface area contributed by atoms with Gasteiger partial charge in [0.15, 0.2) is 0 Å². The topological polar surface area (TPSA) is 63.2 Å². The average molecular weight is 428 g/mol. The molecule has 0 spiro atoms. The van der Waals surface area contributed by atoms with Crippen LogP contribution >= 0.6 is 0 Å². The molecule has 0 fully saturated rings. The Morgan fingerprint density at radius 3 is 0.958 bits per heavy atom. The molecule has 0 aliphatic rings. The van der Waals surface area contributed by atoms with E-state index < -0.39 is 6.16 Å². The van der Waals surface area contributed by atoms with Crippen LogP contribution in [-0.4, -0.2) is 36.8 Å². The van der Waals surface area contributed by atoms with Crippen molar-refractivity contribution in [3.63, 3.8) is 0 Å². The standard InChI is InChI=1S/C16H36N.CH2O3.BrH.2Na/c1-5-9-13-17(14-10-6-2,15-11-7-3)16-12-8-4;2-1(3)4;;;/h5-16H2,1-4H3;(H2,2,3,4);1H;;/q+1;;;2*+1/p-3. The molecule has 0 aromatic rings. The van der Waals surface area contributed by atoms with E-state index in [1.165, 1.54) is 82.0 Å². The number of nitrogens with zero attached hydrogens (tertiary/aromatic N) is 1. The Kier molecular flexibility index (Phi) is 41.1. The number of unbranched alkanes of at least 4 members (excludes halogenated alkanes) is 4. The predicted octanol–water partition coefficient (Wildman–Crippen LogP) is -6.43. The fourth-order valence-electron chi connectivity index (χ4n) is 2.64. The molecule has 24 heavy (non-hydrogen) atoms. The van der Waals surface area contributed by atoms with Crippen LogP contribution in [0.5, 0.6) is 0 Å². The van der Waals surface area contributed by atoms with Crippen LogP contribution in [0.25, 0.3) is 0 Å². The summed E-state index contributed by atoms with van der Waals surface area (Å²) >= 11 is 0. The molecule has 0 aliphatic heterocycles. The van der Waals surface area contributed by atoms with Gasteiger partial charge in [-0.05, 0) is 31.8 Å². The number of hydrogen-bond donors (Lipinski definition) is 0. The predicted molar refractivity (Wildman–Crippen MR) is 84.8 cm³/mol.